The fraction of sp³-hybridized carbons (Fsp3) is 0.462. The van der Waals surface area contributed by atoms with Crippen molar-refractivity contribution in [2.45, 2.75) is 17.7 Å². The zero-order valence-electron chi connectivity index (χ0n) is 12.0. The van der Waals surface area contributed by atoms with Crippen molar-refractivity contribution in [2.24, 2.45) is 5.41 Å². The van der Waals surface area contributed by atoms with E-state index in [-0.39, 0.29) is 17.4 Å². The SMILES string of the molecule is COC(=O)C1(CNC(=O)CNS(=O)(=O)c2cccnc2)CC1. The molecule has 0 unspecified atom stereocenters. The van der Waals surface area contributed by atoms with E-state index >= 15 is 0 Å². The number of ether oxygens (including phenoxy) is 1. The van der Waals surface area contributed by atoms with Gasteiger partial charge in [-0.2, -0.15) is 0 Å². The van der Waals surface area contributed by atoms with Crippen LogP contribution < -0.4 is 10.0 Å². The minimum absolute atomic E-state index is 0.0176. The number of sulfonamides is 1. The summed E-state index contributed by atoms with van der Waals surface area (Å²) in [7, 11) is -2.48. The van der Waals surface area contributed by atoms with Crippen molar-refractivity contribution in [1.82, 2.24) is 15.0 Å². The van der Waals surface area contributed by atoms with Crippen molar-refractivity contribution in [3.8, 4) is 0 Å². The molecule has 2 rings (SSSR count). The summed E-state index contributed by atoms with van der Waals surface area (Å²) in [5, 5.41) is 2.54. The lowest BCUT2D eigenvalue weighted by atomic mass is 10.1. The highest BCUT2D eigenvalue weighted by atomic mass is 32.2. The Labute approximate surface area is 128 Å². The number of hydrogen-bond donors (Lipinski definition) is 2. The van der Waals surface area contributed by atoms with Crippen LogP contribution in [0.4, 0.5) is 0 Å². The number of hydrogen-bond acceptors (Lipinski definition) is 6. The fourth-order valence-electron chi connectivity index (χ4n) is 1.90. The van der Waals surface area contributed by atoms with E-state index in [1.165, 1.54) is 31.6 Å². The Hall–Kier alpha value is -2.00. The Morgan fingerprint density at radius 3 is 2.68 bits per heavy atom. The number of carbonyl (C=O) groups excluding carboxylic acids is 2. The third kappa shape index (κ3) is 3.80. The third-order valence-electron chi connectivity index (χ3n) is 3.46. The molecule has 0 atom stereocenters. The molecular formula is C13H17N3O5S. The van der Waals surface area contributed by atoms with Gasteiger partial charge in [0.25, 0.3) is 0 Å². The van der Waals surface area contributed by atoms with E-state index in [2.05, 4.69) is 19.8 Å². The molecule has 2 N–H and O–H groups in total. The Balaban J connectivity index is 1.82. The van der Waals surface area contributed by atoms with Gasteiger partial charge in [-0.05, 0) is 25.0 Å². The molecule has 1 fully saturated rings. The van der Waals surface area contributed by atoms with Crippen LogP contribution in [0.25, 0.3) is 0 Å². The predicted molar refractivity (Wildman–Crippen MR) is 76.1 cm³/mol. The molecule has 9 heteroatoms. The van der Waals surface area contributed by atoms with Gasteiger partial charge in [-0.1, -0.05) is 0 Å². The lowest BCUT2D eigenvalue weighted by Crippen LogP contribution is -2.41. The minimum atomic E-state index is -3.78. The van der Waals surface area contributed by atoms with Crippen LogP contribution in [-0.4, -0.2) is 45.5 Å². The van der Waals surface area contributed by atoms with Gasteiger partial charge in [0.1, 0.15) is 4.90 Å². The van der Waals surface area contributed by atoms with Gasteiger partial charge < -0.3 is 10.1 Å². The number of methoxy groups -OCH3 is 1. The second-order valence-corrected chi connectivity index (χ2v) is 6.83. The summed E-state index contributed by atoms with van der Waals surface area (Å²) in [5.74, 6) is -0.869. The minimum Gasteiger partial charge on any atom is -0.469 e. The molecule has 0 bridgehead atoms. The molecule has 0 aromatic carbocycles. The smallest absolute Gasteiger partial charge is 0.313 e. The van der Waals surface area contributed by atoms with E-state index in [9.17, 15) is 18.0 Å². The average Bonchev–Trinajstić information content (AvgIpc) is 3.32. The van der Waals surface area contributed by atoms with Crippen molar-refractivity contribution < 1.29 is 22.7 Å². The van der Waals surface area contributed by atoms with Crippen LogP contribution >= 0.6 is 0 Å². The molecule has 1 amide bonds. The van der Waals surface area contributed by atoms with Crippen LogP contribution in [0.2, 0.25) is 0 Å². The molecule has 1 aromatic rings. The first-order valence-corrected chi connectivity index (χ1v) is 8.13. The van der Waals surface area contributed by atoms with E-state index in [0.29, 0.717) is 12.8 Å². The Morgan fingerprint density at radius 2 is 2.14 bits per heavy atom. The van der Waals surface area contributed by atoms with Gasteiger partial charge in [-0.15, -0.1) is 0 Å². The van der Waals surface area contributed by atoms with Crippen molar-refractivity contribution in [1.29, 1.82) is 0 Å². The van der Waals surface area contributed by atoms with Gasteiger partial charge in [-0.3, -0.25) is 14.6 Å². The lowest BCUT2D eigenvalue weighted by molar-refractivity contribution is -0.147. The van der Waals surface area contributed by atoms with Gasteiger partial charge in [-0.25, -0.2) is 13.1 Å². The number of aromatic nitrogens is 1. The van der Waals surface area contributed by atoms with Crippen LogP contribution in [-0.2, 0) is 24.3 Å². The highest BCUT2D eigenvalue weighted by Crippen LogP contribution is 2.45. The second kappa shape index (κ2) is 6.41. The fourth-order valence-corrected chi connectivity index (χ4v) is 2.85. The summed E-state index contributed by atoms with van der Waals surface area (Å²) >= 11 is 0. The zero-order chi connectivity index (χ0) is 16.2. The first-order valence-electron chi connectivity index (χ1n) is 6.64. The number of pyridine rings is 1. The van der Waals surface area contributed by atoms with Gasteiger partial charge >= 0.3 is 5.97 Å². The van der Waals surface area contributed by atoms with E-state index in [0.717, 1.165) is 0 Å². The van der Waals surface area contributed by atoms with Crippen molar-refractivity contribution in [2.75, 3.05) is 20.2 Å². The molecule has 0 radical (unpaired) electrons. The van der Waals surface area contributed by atoms with E-state index in [4.69, 9.17) is 0 Å². The maximum Gasteiger partial charge on any atom is 0.313 e. The first kappa shape index (κ1) is 16.4. The summed E-state index contributed by atoms with van der Waals surface area (Å²) in [4.78, 5) is 26.9. The largest absolute Gasteiger partial charge is 0.469 e. The second-order valence-electron chi connectivity index (χ2n) is 5.06. The van der Waals surface area contributed by atoms with Crippen LogP contribution in [0, 0.1) is 5.41 Å². The van der Waals surface area contributed by atoms with E-state index in [1.807, 2.05) is 0 Å². The maximum absolute atomic E-state index is 11.9. The van der Waals surface area contributed by atoms with E-state index < -0.39 is 27.9 Å². The number of esters is 1. The summed E-state index contributed by atoms with van der Waals surface area (Å²) < 4.78 is 30.7. The number of carbonyl (C=O) groups is 2. The molecular weight excluding hydrogens is 310 g/mol. The molecule has 1 aromatic heterocycles. The number of nitrogens with zero attached hydrogens (tertiary/aromatic N) is 1. The van der Waals surface area contributed by atoms with Crippen LogP contribution in [0.5, 0.6) is 0 Å². The molecule has 8 nitrogen and oxygen atoms in total. The highest BCUT2D eigenvalue weighted by molar-refractivity contribution is 7.89. The normalized spacial score (nSPS) is 15.9. The van der Waals surface area contributed by atoms with Gasteiger partial charge in [0.05, 0.1) is 19.1 Å². The third-order valence-corrected chi connectivity index (χ3v) is 4.85. The highest BCUT2D eigenvalue weighted by Gasteiger charge is 2.51. The van der Waals surface area contributed by atoms with Crippen LogP contribution in [0.15, 0.2) is 29.4 Å². The number of nitrogens with one attached hydrogen (secondary N) is 2. The summed E-state index contributed by atoms with van der Waals surface area (Å²) in [6.45, 7) is -0.262. The molecule has 0 aliphatic heterocycles. The number of rotatable bonds is 7. The zero-order valence-corrected chi connectivity index (χ0v) is 12.9. The summed E-state index contributed by atoms with van der Waals surface area (Å²) in [5.41, 5.74) is -0.646. The van der Waals surface area contributed by atoms with Gasteiger partial charge in [0.2, 0.25) is 15.9 Å². The van der Waals surface area contributed by atoms with Crippen molar-refractivity contribution in [3.05, 3.63) is 24.5 Å². The van der Waals surface area contributed by atoms with Gasteiger partial charge in [0, 0.05) is 18.9 Å². The Morgan fingerprint density at radius 1 is 1.41 bits per heavy atom. The Bertz CT molecular complexity index is 656. The molecule has 120 valence electrons. The summed E-state index contributed by atoms with van der Waals surface area (Å²) in [6.07, 6.45) is 3.95. The van der Waals surface area contributed by atoms with E-state index in [1.54, 1.807) is 0 Å². The summed E-state index contributed by atoms with van der Waals surface area (Å²) in [6, 6.07) is 2.87. The monoisotopic (exact) mass is 327 g/mol. The molecule has 1 saturated carbocycles. The maximum atomic E-state index is 11.9. The van der Waals surface area contributed by atoms with Crippen LogP contribution in [0.1, 0.15) is 12.8 Å². The molecule has 0 saturated heterocycles. The van der Waals surface area contributed by atoms with Gasteiger partial charge in [0.15, 0.2) is 0 Å². The average molecular weight is 327 g/mol. The molecule has 0 spiro atoms. The number of amides is 1. The molecule has 1 heterocycles. The van der Waals surface area contributed by atoms with Crippen molar-refractivity contribution in [3.63, 3.8) is 0 Å². The molecule has 22 heavy (non-hydrogen) atoms. The quantitative estimate of drug-likeness (QED) is 0.648. The predicted octanol–water partition coefficient (Wildman–Crippen LogP) is -0.571. The molecule has 1 aliphatic carbocycles. The van der Waals surface area contributed by atoms with Crippen molar-refractivity contribution >= 4 is 21.9 Å². The first-order chi connectivity index (χ1) is 10.4. The standard InChI is InChI=1S/C13H17N3O5S/c1-21-12(18)13(4-5-13)9-15-11(17)8-16-22(19,20)10-3-2-6-14-7-10/h2-3,6-7,16H,4-5,8-9H2,1H3,(H,15,17). The lowest BCUT2D eigenvalue weighted by Gasteiger charge is -2.13. The Kier molecular flexibility index (Phi) is 4.77. The molecule has 1 aliphatic rings. The topological polar surface area (TPSA) is 114 Å². The van der Waals surface area contributed by atoms with Crippen LogP contribution in [0.3, 0.4) is 0 Å².